The first-order chi connectivity index (χ1) is 9.60. The zero-order valence-electron chi connectivity index (χ0n) is 10.7. The summed E-state index contributed by atoms with van der Waals surface area (Å²) in [6.07, 6.45) is 1.75. The van der Waals surface area contributed by atoms with Gasteiger partial charge in [-0.05, 0) is 39.7 Å². The number of halogens is 1. The summed E-state index contributed by atoms with van der Waals surface area (Å²) in [6.45, 7) is 0. The van der Waals surface area contributed by atoms with E-state index in [0.29, 0.717) is 11.4 Å². The Bertz CT molecular complexity index is 620. The molecule has 0 atom stereocenters. The molecule has 0 radical (unpaired) electrons. The van der Waals surface area contributed by atoms with Crippen LogP contribution in [0.15, 0.2) is 46.0 Å². The summed E-state index contributed by atoms with van der Waals surface area (Å²) in [6, 6.07) is 8.95. The predicted octanol–water partition coefficient (Wildman–Crippen LogP) is 4.09. The highest BCUT2D eigenvalue weighted by Gasteiger charge is 2.12. The van der Waals surface area contributed by atoms with Crippen LogP contribution in [0.4, 0.5) is 11.4 Å². The van der Waals surface area contributed by atoms with Crippen LogP contribution in [0, 0.1) is 10.1 Å². The molecule has 0 bridgehead atoms. The van der Waals surface area contributed by atoms with Crippen molar-refractivity contribution < 1.29 is 4.92 Å². The van der Waals surface area contributed by atoms with E-state index in [1.54, 1.807) is 37.1 Å². The van der Waals surface area contributed by atoms with Crippen LogP contribution in [0.1, 0.15) is 5.56 Å². The molecule has 5 nitrogen and oxygen atoms in total. The average Bonchev–Trinajstić information content (AvgIpc) is 2.46. The summed E-state index contributed by atoms with van der Waals surface area (Å²) in [5.41, 5.74) is 1.62. The van der Waals surface area contributed by atoms with Crippen molar-refractivity contribution in [2.75, 3.05) is 12.4 Å². The molecule has 7 heteroatoms. The topological polar surface area (TPSA) is 68.1 Å². The zero-order valence-corrected chi connectivity index (χ0v) is 13.1. The largest absolute Gasteiger partial charge is 0.383 e. The molecule has 0 fully saturated rings. The number of hydrogen-bond donors (Lipinski definition) is 1. The molecule has 0 aliphatic rings. The fourth-order valence-corrected chi connectivity index (χ4v) is 2.66. The van der Waals surface area contributed by atoms with Gasteiger partial charge in [-0.3, -0.25) is 10.1 Å². The maximum Gasteiger partial charge on any atom is 0.292 e. The number of anilines is 1. The number of nitrogens with zero attached hydrogens (tertiary/aromatic N) is 2. The minimum Gasteiger partial charge on any atom is -0.383 e. The van der Waals surface area contributed by atoms with Crippen LogP contribution in [0.3, 0.4) is 0 Å². The molecule has 1 N–H and O–H groups in total. The number of nitro groups is 1. The summed E-state index contributed by atoms with van der Waals surface area (Å²) < 4.78 is 0.939. The Kier molecular flexibility index (Phi) is 4.97. The van der Waals surface area contributed by atoms with Crippen LogP contribution in [0.2, 0.25) is 0 Å². The number of aromatic nitrogens is 1. The molecular weight excluding hydrogens is 342 g/mol. The molecule has 0 spiro atoms. The predicted molar refractivity (Wildman–Crippen MR) is 84.1 cm³/mol. The van der Waals surface area contributed by atoms with Crippen LogP contribution in [-0.4, -0.2) is 17.0 Å². The minimum atomic E-state index is -0.390. The van der Waals surface area contributed by atoms with E-state index < -0.39 is 0 Å². The van der Waals surface area contributed by atoms with Crippen molar-refractivity contribution in [1.29, 1.82) is 0 Å². The molecule has 0 unspecified atom stereocenters. The van der Waals surface area contributed by atoms with Crippen LogP contribution in [0.25, 0.3) is 0 Å². The van der Waals surface area contributed by atoms with E-state index in [9.17, 15) is 10.1 Å². The standard InChI is InChI=1S/C13H12BrN3O2S/c1-15-11-6-9(2-4-12(11)17(18)19)8-20-13-5-3-10(14)7-16-13/h2-7,15H,8H2,1H3. The molecule has 1 aromatic carbocycles. The molecule has 2 aromatic rings. The van der Waals surface area contributed by atoms with E-state index in [4.69, 9.17) is 0 Å². The Morgan fingerprint density at radius 1 is 1.40 bits per heavy atom. The van der Waals surface area contributed by atoms with Crippen LogP contribution >= 0.6 is 27.7 Å². The molecule has 0 aliphatic heterocycles. The first-order valence-corrected chi connectivity index (χ1v) is 7.57. The monoisotopic (exact) mass is 353 g/mol. The normalized spacial score (nSPS) is 10.3. The van der Waals surface area contributed by atoms with Crippen molar-refractivity contribution >= 4 is 39.1 Å². The van der Waals surface area contributed by atoms with E-state index in [2.05, 4.69) is 26.2 Å². The first kappa shape index (κ1) is 14.8. The molecule has 0 saturated heterocycles. The molecule has 0 aliphatic carbocycles. The Hall–Kier alpha value is -1.60. The van der Waals surface area contributed by atoms with Gasteiger partial charge in [0.1, 0.15) is 5.69 Å². The summed E-state index contributed by atoms with van der Waals surface area (Å²) in [7, 11) is 1.68. The molecule has 0 amide bonds. The average molecular weight is 354 g/mol. The highest BCUT2D eigenvalue weighted by Crippen LogP contribution is 2.28. The van der Waals surface area contributed by atoms with Gasteiger partial charge in [0.05, 0.1) is 9.95 Å². The third-order valence-corrected chi connectivity index (χ3v) is 4.10. The third kappa shape index (κ3) is 3.71. The molecule has 1 aromatic heterocycles. The maximum atomic E-state index is 10.8. The number of nitrogens with one attached hydrogen (secondary N) is 1. The highest BCUT2D eigenvalue weighted by molar-refractivity contribution is 9.10. The molecular formula is C13H12BrN3O2S. The Labute approximate surface area is 129 Å². The number of nitro benzene ring substituents is 1. The summed E-state index contributed by atoms with van der Waals surface area (Å²) >= 11 is 4.92. The lowest BCUT2D eigenvalue weighted by atomic mass is 10.2. The molecule has 1 heterocycles. The molecule has 0 saturated carbocycles. The Balaban J connectivity index is 2.10. The summed E-state index contributed by atoms with van der Waals surface area (Å²) in [5, 5.41) is 14.6. The van der Waals surface area contributed by atoms with E-state index >= 15 is 0 Å². The SMILES string of the molecule is CNc1cc(CSc2ccc(Br)cn2)ccc1[N+](=O)[O-]. The lowest BCUT2D eigenvalue weighted by Gasteiger charge is -2.06. The number of thioether (sulfide) groups is 1. The third-order valence-electron chi connectivity index (χ3n) is 2.61. The van der Waals surface area contributed by atoms with Gasteiger partial charge in [0.2, 0.25) is 0 Å². The first-order valence-electron chi connectivity index (χ1n) is 5.79. The van der Waals surface area contributed by atoms with Crippen molar-refractivity contribution in [2.24, 2.45) is 0 Å². The van der Waals surface area contributed by atoms with Gasteiger partial charge < -0.3 is 5.32 Å². The number of pyridine rings is 1. The van der Waals surface area contributed by atoms with Crippen molar-refractivity contribution in [3.05, 3.63) is 56.7 Å². The fraction of sp³-hybridized carbons (Fsp3) is 0.154. The van der Waals surface area contributed by atoms with Gasteiger partial charge in [0.15, 0.2) is 0 Å². The quantitative estimate of drug-likeness (QED) is 0.498. The smallest absolute Gasteiger partial charge is 0.292 e. The maximum absolute atomic E-state index is 10.8. The lowest BCUT2D eigenvalue weighted by molar-refractivity contribution is -0.383. The Morgan fingerprint density at radius 2 is 2.20 bits per heavy atom. The zero-order chi connectivity index (χ0) is 14.5. The van der Waals surface area contributed by atoms with Gasteiger partial charge in [-0.25, -0.2) is 4.98 Å². The van der Waals surface area contributed by atoms with Crippen molar-refractivity contribution in [3.8, 4) is 0 Å². The van der Waals surface area contributed by atoms with Gasteiger partial charge in [0, 0.05) is 29.5 Å². The van der Waals surface area contributed by atoms with Gasteiger partial charge in [0.25, 0.3) is 5.69 Å². The van der Waals surface area contributed by atoms with E-state index in [0.717, 1.165) is 15.1 Å². The minimum absolute atomic E-state index is 0.0861. The summed E-state index contributed by atoms with van der Waals surface area (Å²) in [5.74, 6) is 0.710. The lowest BCUT2D eigenvalue weighted by Crippen LogP contribution is -1.97. The number of rotatable bonds is 5. The Morgan fingerprint density at radius 3 is 2.80 bits per heavy atom. The van der Waals surface area contributed by atoms with E-state index in [1.165, 1.54) is 6.07 Å². The molecule has 104 valence electrons. The second kappa shape index (κ2) is 6.71. The van der Waals surface area contributed by atoms with Crippen molar-refractivity contribution in [3.63, 3.8) is 0 Å². The summed E-state index contributed by atoms with van der Waals surface area (Å²) in [4.78, 5) is 14.7. The van der Waals surface area contributed by atoms with Gasteiger partial charge in [-0.1, -0.05) is 6.07 Å². The van der Waals surface area contributed by atoms with Crippen molar-refractivity contribution in [2.45, 2.75) is 10.8 Å². The van der Waals surface area contributed by atoms with Gasteiger partial charge in [-0.2, -0.15) is 0 Å². The highest BCUT2D eigenvalue weighted by atomic mass is 79.9. The second-order valence-electron chi connectivity index (χ2n) is 3.96. The molecule has 2 rings (SSSR count). The van der Waals surface area contributed by atoms with Crippen LogP contribution in [0.5, 0.6) is 0 Å². The number of hydrogen-bond acceptors (Lipinski definition) is 5. The van der Waals surface area contributed by atoms with Crippen LogP contribution in [-0.2, 0) is 5.75 Å². The second-order valence-corrected chi connectivity index (χ2v) is 5.87. The van der Waals surface area contributed by atoms with Gasteiger partial charge in [-0.15, -0.1) is 11.8 Å². The van der Waals surface area contributed by atoms with Crippen molar-refractivity contribution in [1.82, 2.24) is 4.98 Å². The fourth-order valence-electron chi connectivity index (χ4n) is 1.64. The van der Waals surface area contributed by atoms with E-state index in [-0.39, 0.29) is 10.6 Å². The molecule has 20 heavy (non-hydrogen) atoms. The van der Waals surface area contributed by atoms with Crippen LogP contribution < -0.4 is 5.32 Å². The number of benzene rings is 1. The van der Waals surface area contributed by atoms with E-state index in [1.807, 2.05) is 12.1 Å². The van der Waals surface area contributed by atoms with Gasteiger partial charge >= 0.3 is 0 Å².